The summed E-state index contributed by atoms with van der Waals surface area (Å²) in [6.07, 6.45) is 5.41. The highest BCUT2D eigenvalue weighted by Crippen LogP contribution is 2.27. The number of rotatable bonds is 6. The van der Waals surface area contributed by atoms with Gasteiger partial charge in [-0.15, -0.1) is 0 Å². The molecule has 0 fully saturated rings. The quantitative estimate of drug-likeness (QED) is 0.890. The van der Waals surface area contributed by atoms with Crippen LogP contribution in [0.3, 0.4) is 0 Å². The van der Waals surface area contributed by atoms with Gasteiger partial charge in [0.25, 0.3) is 0 Å². The van der Waals surface area contributed by atoms with E-state index in [1.54, 1.807) is 0 Å². The van der Waals surface area contributed by atoms with Crippen molar-refractivity contribution in [1.82, 2.24) is 20.1 Å². The molecule has 114 valence electrons. The van der Waals surface area contributed by atoms with E-state index in [2.05, 4.69) is 42.2 Å². The number of halogens is 1. The van der Waals surface area contributed by atoms with Gasteiger partial charge in [0.05, 0.1) is 16.4 Å². The lowest BCUT2D eigenvalue weighted by Gasteiger charge is -2.19. The monoisotopic (exact) mass is 306 g/mol. The van der Waals surface area contributed by atoms with Gasteiger partial charge < -0.3 is 5.32 Å². The molecule has 0 saturated carbocycles. The summed E-state index contributed by atoms with van der Waals surface area (Å²) in [5.41, 5.74) is 4.53. The summed E-state index contributed by atoms with van der Waals surface area (Å²) in [7, 11) is 1.98. The maximum absolute atomic E-state index is 6.51. The van der Waals surface area contributed by atoms with Crippen molar-refractivity contribution in [2.75, 3.05) is 7.05 Å². The Hall–Kier alpha value is -1.39. The van der Waals surface area contributed by atoms with E-state index in [1.807, 2.05) is 24.1 Å². The van der Waals surface area contributed by atoms with Gasteiger partial charge in [-0.25, -0.2) is 0 Å². The molecule has 0 spiro atoms. The molecule has 0 amide bonds. The van der Waals surface area contributed by atoms with Crippen LogP contribution in [0.1, 0.15) is 42.4 Å². The Labute approximate surface area is 131 Å². The fourth-order valence-electron chi connectivity index (χ4n) is 2.65. The number of nitrogens with one attached hydrogen (secondary N) is 1. The van der Waals surface area contributed by atoms with E-state index in [4.69, 9.17) is 11.6 Å². The minimum atomic E-state index is 0.206. The summed E-state index contributed by atoms with van der Waals surface area (Å²) in [5, 5.41) is 8.79. The summed E-state index contributed by atoms with van der Waals surface area (Å²) < 4.78 is 2.02. The molecular weight excluding hydrogens is 284 g/mol. The van der Waals surface area contributed by atoms with Crippen LogP contribution < -0.4 is 5.32 Å². The summed E-state index contributed by atoms with van der Waals surface area (Å²) in [5.74, 6) is 0. The van der Waals surface area contributed by atoms with Crippen molar-refractivity contribution in [2.24, 2.45) is 0 Å². The molecule has 0 aromatic carbocycles. The third-order valence-corrected chi connectivity index (χ3v) is 4.32. The maximum Gasteiger partial charge on any atom is 0.0850 e. The Bertz CT molecular complexity index is 606. The van der Waals surface area contributed by atoms with Gasteiger partial charge in [0.2, 0.25) is 0 Å². The average Bonchev–Trinajstić information content (AvgIpc) is 2.81. The van der Waals surface area contributed by atoms with E-state index in [-0.39, 0.29) is 6.04 Å². The number of likely N-dealkylation sites (N-methyl/N-ethyl adjacent to an activating group) is 1. The Morgan fingerprint density at radius 1 is 1.38 bits per heavy atom. The Morgan fingerprint density at radius 2 is 2.14 bits per heavy atom. The van der Waals surface area contributed by atoms with Crippen LogP contribution in [0.4, 0.5) is 0 Å². The Kier molecular flexibility index (Phi) is 5.37. The van der Waals surface area contributed by atoms with E-state index >= 15 is 0 Å². The summed E-state index contributed by atoms with van der Waals surface area (Å²) >= 11 is 6.51. The Balaban J connectivity index is 2.35. The van der Waals surface area contributed by atoms with Crippen molar-refractivity contribution in [3.8, 4) is 0 Å². The molecule has 2 rings (SSSR count). The molecule has 1 N–H and O–H groups in total. The van der Waals surface area contributed by atoms with Crippen molar-refractivity contribution in [2.45, 2.75) is 46.2 Å². The van der Waals surface area contributed by atoms with Crippen LogP contribution in [0, 0.1) is 6.92 Å². The number of nitrogens with zero attached hydrogens (tertiary/aromatic N) is 3. The van der Waals surface area contributed by atoms with Crippen LogP contribution in [0.25, 0.3) is 0 Å². The van der Waals surface area contributed by atoms with Crippen LogP contribution in [0.5, 0.6) is 0 Å². The molecule has 0 saturated heterocycles. The molecule has 0 aliphatic rings. The van der Waals surface area contributed by atoms with Crippen LogP contribution in [0.2, 0.25) is 5.02 Å². The van der Waals surface area contributed by atoms with E-state index in [0.717, 1.165) is 35.8 Å². The second-order valence-electron chi connectivity index (χ2n) is 5.15. The van der Waals surface area contributed by atoms with Crippen molar-refractivity contribution in [3.05, 3.63) is 46.0 Å². The summed E-state index contributed by atoms with van der Waals surface area (Å²) in [4.78, 5) is 4.17. The zero-order chi connectivity index (χ0) is 15.4. The van der Waals surface area contributed by atoms with E-state index in [0.29, 0.717) is 0 Å². The second-order valence-corrected chi connectivity index (χ2v) is 5.53. The molecular formula is C16H23ClN4. The minimum Gasteiger partial charge on any atom is -0.313 e. The highest BCUT2D eigenvalue weighted by Gasteiger charge is 2.20. The highest BCUT2D eigenvalue weighted by atomic mass is 35.5. The largest absolute Gasteiger partial charge is 0.313 e. The Morgan fingerprint density at radius 3 is 2.71 bits per heavy atom. The summed E-state index contributed by atoms with van der Waals surface area (Å²) in [6, 6.07) is 2.27. The van der Waals surface area contributed by atoms with Crippen LogP contribution in [0.15, 0.2) is 18.5 Å². The molecule has 0 aliphatic heterocycles. The molecule has 2 aromatic heterocycles. The lowest BCUT2D eigenvalue weighted by atomic mass is 9.99. The van der Waals surface area contributed by atoms with Crippen LogP contribution >= 0.6 is 11.6 Å². The van der Waals surface area contributed by atoms with Gasteiger partial charge in [0.1, 0.15) is 0 Å². The van der Waals surface area contributed by atoms with Crippen LogP contribution in [-0.2, 0) is 19.4 Å². The smallest absolute Gasteiger partial charge is 0.0850 e. The first-order valence-electron chi connectivity index (χ1n) is 7.44. The zero-order valence-electron chi connectivity index (χ0n) is 13.2. The molecule has 5 heteroatoms. The predicted molar refractivity (Wildman–Crippen MR) is 86.8 cm³/mol. The number of hydrogen-bond acceptors (Lipinski definition) is 3. The van der Waals surface area contributed by atoms with Gasteiger partial charge in [-0.3, -0.25) is 9.67 Å². The number of aromatic nitrogens is 3. The van der Waals surface area contributed by atoms with Gasteiger partial charge in [-0.1, -0.05) is 18.5 Å². The molecule has 21 heavy (non-hydrogen) atoms. The molecule has 1 unspecified atom stereocenters. The van der Waals surface area contributed by atoms with Crippen molar-refractivity contribution in [3.63, 3.8) is 0 Å². The number of hydrogen-bond donors (Lipinski definition) is 1. The van der Waals surface area contributed by atoms with E-state index in [9.17, 15) is 0 Å². The molecule has 0 radical (unpaired) electrons. The first-order chi connectivity index (χ1) is 10.1. The maximum atomic E-state index is 6.51. The number of pyridine rings is 1. The van der Waals surface area contributed by atoms with Gasteiger partial charge >= 0.3 is 0 Å². The lowest BCUT2D eigenvalue weighted by molar-refractivity contribution is 0.538. The highest BCUT2D eigenvalue weighted by molar-refractivity contribution is 6.31. The molecule has 1 atom stereocenters. The third-order valence-electron chi connectivity index (χ3n) is 3.88. The third kappa shape index (κ3) is 3.27. The topological polar surface area (TPSA) is 42.7 Å². The zero-order valence-corrected chi connectivity index (χ0v) is 13.9. The van der Waals surface area contributed by atoms with Crippen molar-refractivity contribution >= 4 is 11.6 Å². The second kappa shape index (κ2) is 7.05. The first kappa shape index (κ1) is 16.0. The molecule has 0 aliphatic carbocycles. The van der Waals surface area contributed by atoms with Crippen molar-refractivity contribution < 1.29 is 0 Å². The standard InChI is InChI=1S/C16H23ClN4/c1-5-13-16(17)15(21(6-2)20-13)9-14(18-4)12-7-8-19-10-11(12)3/h7-8,10,14,18H,5-6,9H2,1-4H3. The molecule has 2 heterocycles. The van der Waals surface area contributed by atoms with Gasteiger partial charge in [-0.2, -0.15) is 5.10 Å². The number of aryl methyl sites for hydroxylation is 3. The molecule has 0 bridgehead atoms. The first-order valence-corrected chi connectivity index (χ1v) is 7.81. The fraction of sp³-hybridized carbons (Fsp3) is 0.500. The van der Waals surface area contributed by atoms with E-state index < -0.39 is 0 Å². The average molecular weight is 307 g/mol. The van der Waals surface area contributed by atoms with Crippen molar-refractivity contribution in [1.29, 1.82) is 0 Å². The minimum absolute atomic E-state index is 0.206. The normalized spacial score (nSPS) is 12.6. The lowest BCUT2D eigenvalue weighted by Crippen LogP contribution is -2.21. The fourth-order valence-corrected chi connectivity index (χ4v) is 2.99. The molecule has 2 aromatic rings. The summed E-state index contributed by atoms with van der Waals surface area (Å²) in [6.45, 7) is 7.10. The van der Waals surface area contributed by atoms with E-state index in [1.165, 1.54) is 11.1 Å². The molecule has 4 nitrogen and oxygen atoms in total. The van der Waals surface area contributed by atoms with Gasteiger partial charge in [0.15, 0.2) is 0 Å². The SMILES string of the molecule is CCc1nn(CC)c(CC(NC)c2ccncc2C)c1Cl. The van der Waals surface area contributed by atoms with Gasteiger partial charge in [-0.05, 0) is 44.5 Å². The van der Waals surface area contributed by atoms with Gasteiger partial charge in [0, 0.05) is 31.4 Å². The predicted octanol–water partition coefficient (Wildman–Crippen LogP) is 3.33. The van der Waals surface area contributed by atoms with Crippen LogP contribution in [-0.4, -0.2) is 21.8 Å².